The summed E-state index contributed by atoms with van der Waals surface area (Å²) in [5.74, 6) is -0.418. The van der Waals surface area contributed by atoms with E-state index in [2.05, 4.69) is 6.92 Å². The minimum Gasteiger partial charge on any atom is -0.481 e. The Morgan fingerprint density at radius 1 is 1.08 bits per heavy atom. The summed E-state index contributed by atoms with van der Waals surface area (Å²) in [6, 6.07) is 13.2. The number of benzene rings is 2. The highest BCUT2D eigenvalue weighted by molar-refractivity contribution is 8.03. The Balaban J connectivity index is 1.76. The highest BCUT2D eigenvalue weighted by Crippen LogP contribution is 2.42. The number of carbonyl (C=O) groups is 2. The van der Waals surface area contributed by atoms with Crippen molar-refractivity contribution in [3.05, 3.63) is 70.8 Å². The number of aliphatic hydroxyl groups is 2. The van der Waals surface area contributed by atoms with Crippen molar-refractivity contribution in [1.82, 2.24) is 0 Å². The Bertz CT molecular complexity index is 1100. The van der Waals surface area contributed by atoms with E-state index < -0.39 is 24.1 Å². The van der Waals surface area contributed by atoms with Crippen molar-refractivity contribution in [2.75, 3.05) is 5.75 Å². The summed E-state index contributed by atoms with van der Waals surface area (Å²) < 4.78 is 5.90. The standard InChI is InChI=1S/C30H38O6S/c1-2-3-5-13-22(31)17-18-25-26(32)20-27(29(25)37-19-9-4-6-16-28(33)34)36-30(35)24-15-10-12-21-11-7-8-14-23(21)24/h7-8,10-12,14-15,17-18,22,25-26,31-32H,2-6,9,13,16,19-20H2,1H3,(H,33,34)/b18-17+/t22-,25-,26+/m0/s1. The van der Waals surface area contributed by atoms with Gasteiger partial charge in [0.15, 0.2) is 0 Å². The Labute approximate surface area is 223 Å². The van der Waals surface area contributed by atoms with Crippen LogP contribution in [0.25, 0.3) is 10.8 Å². The molecular formula is C30H38O6S. The number of ether oxygens (including phenoxy) is 1. The molecule has 0 fully saturated rings. The molecule has 0 heterocycles. The van der Waals surface area contributed by atoms with Crippen molar-refractivity contribution in [2.45, 2.75) is 76.9 Å². The van der Waals surface area contributed by atoms with E-state index in [4.69, 9.17) is 9.84 Å². The molecule has 37 heavy (non-hydrogen) atoms. The number of esters is 1. The lowest BCUT2D eigenvalue weighted by atomic mass is 10.0. The molecule has 3 N–H and O–H groups in total. The average molecular weight is 527 g/mol. The smallest absolute Gasteiger partial charge is 0.343 e. The van der Waals surface area contributed by atoms with Gasteiger partial charge in [0.05, 0.1) is 17.8 Å². The fourth-order valence-electron chi connectivity index (χ4n) is 4.52. The van der Waals surface area contributed by atoms with Crippen molar-refractivity contribution in [1.29, 1.82) is 0 Å². The van der Waals surface area contributed by atoms with E-state index in [0.717, 1.165) is 53.5 Å². The summed E-state index contributed by atoms with van der Waals surface area (Å²) in [5, 5.41) is 31.8. The van der Waals surface area contributed by atoms with Crippen LogP contribution < -0.4 is 0 Å². The number of carboxylic acids is 1. The van der Waals surface area contributed by atoms with Gasteiger partial charge in [-0.05, 0) is 41.9 Å². The van der Waals surface area contributed by atoms with Gasteiger partial charge in [-0.15, -0.1) is 11.8 Å². The van der Waals surface area contributed by atoms with Crippen molar-refractivity contribution < 1.29 is 29.6 Å². The predicted octanol–water partition coefficient (Wildman–Crippen LogP) is 6.46. The van der Waals surface area contributed by atoms with Crippen LogP contribution >= 0.6 is 11.8 Å². The number of fused-ring (bicyclic) bond motifs is 1. The molecule has 0 bridgehead atoms. The van der Waals surface area contributed by atoms with Crippen LogP contribution in [0.3, 0.4) is 0 Å². The highest BCUT2D eigenvalue weighted by Gasteiger charge is 2.35. The molecule has 7 heteroatoms. The Morgan fingerprint density at radius 3 is 2.65 bits per heavy atom. The van der Waals surface area contributed by atoms with Crippen LogP contribution in [0.5, 0.6) is 0 Å². The van der Waals surface area contributed by atoms with Crippen LogP contribution in [0.4, 0.5) is 0 Å². The number of hydrogen-bond acceptors (Lipinski definition) is 6. The monoisotopic (exact) mass is 526 g/mol. The van der Waals surface area contributed by atoms with Crippen molar-refractivity contribution in [3.63, 3.8) is 0 Å². The average Bonchev–Trinajstić information content (AvgIpc) is 3.17. The first kappa shape index (κ1) is 29.0. The second-order valence-electron chi connectivity index (χ2n) is 9.50. The van der Waals surface area contributed by atoms with E-state index in [1.54, 1.807) is 12.1 Å². The molecule has 2 aromatic carbocycles. The largest absolute Gasteiger partial charge is 0.481 e. The number of rotatable bonds is 15. The summed E-state index contributed by atoms with van der Waals surface area (Å²) in [6.45, 7) is 2.12. The minimum atomic E-state index is -0.792. The van der Waals surface area contributed by atoms with E-state index in [1.807, 2.05) is 42.5 Å². The zero-order valence-electron chi connectivity index (χ0n) is 21.5. The van der Waals surface area contributed by atoms with Gasteiger partial charge in [0.2, 0.25) is 0 Å². The van der Waals surface area contributed by atoms with Crippen LogP contribution in [0, 0.1) is 5.92 Å². The van der Waals surface area contributed by atoms with E-state index in [1.165, 1.54) is 11.8 Å². The molecular weight excluding hydrogens is 488 g/mol. The Kier molecular flexibility index (Phi) is 11.7. The van der Waals surface area contributed by atoms with Gasteiger partial charge in [-0.1, -0.05) is 81.2 Å². The second kappa shape index (κ2) is 15.0. The maximum atomic E-state index is 13.2. The summed E-state index contributed by atoms with van der Waals surface area (Å²) in [6.07, 6.45) is 8.62. The van der Waals surface area contributed by atoms with Gasteiger partial charge in [0.25, 0.3) is 0 Å². The maximum Gasteiger partial charge on any atom is 0.343 e. The molecule has 2 aromatic rings. The number of thioether (sulfide) groups is 1. The van der Waals surface area contributed by atoms with Crippen molar-refractivity contribution in [3.8, 4) is 0 Å². The molecule has 0 spiro atoms. The fraction of sp³-hybridized carbons (Fsp3) is 0.467. The van der Waals surface area contributed by atoms with Crippen LogP contribution in [0.1, 0.15) is 75.1 Å². The third-order valence-corrected chi connectivity index (χ3v) is 7.85. The number of hydrogen-bond donors (Lipinski definition) is 3. The van der Waals surface area contributed by atoms with Gasteiger partial charge in [-0.3, -0.25) is 4.79 Å². The number of carboxylic acid groups (broad SMARTS) is 1. The lowest BCUT2D eigenvalue weighted by molar-refractivity contribution is -0.137. The fourth-order valence-corrected chi connectivity index (χ4v) is 5.80. The first-order valence-corrected chi connectivity index (χ1v) is 14.2. The maximum absolute atomic E-state index is 13.2. The van der Waals surface area contributed by atoms with Gasteiger partial charge < -0.3 is 20.1 Å². The summed E-state index contributed by atoms with van der Waals surface area (Å²) in [5.41, 5.74) is 0.475. The number of aliphatic carboxylic acids is 1. The molecule has 1 aliphatic carbocycles. The molecule has 6 nitrogen and oxygen atoms in total. The van der Waals surface area contributed by atoms with E-state index in [0.29, 0.717) is 24.2 Å². The summed E-state index contributed by atoms with van der Waals surface area (Å²) in [4.78, 5) is 24.8. The van der Waals surface area contributed by atoms with Gasteiger partial charge in [0.1, 0.15) is 5.76 Å². The van der Waals surface area contributed by atoms with Gasteiger partial charge >= 0.3 is 11.9 Å². The molecule has 0 radical (unpaired) electrons. The minimum absolute atomic E-state index is 0.154. The Morgan fingerprint density at radius 2 is 1.86 bits per heavy atom. The molecule has 0 amide bonds. The van der Waals surface area contributed by atoms with Crippen LogP contribution in [0.15, 0.2) is 65.3 Å². The number of carbonyl (C=O) groups excluding carboxylic acids is 1. The molecule has 0 saturated heterocycles. The first-order chi connectivity index (χ1) is 17.9. The molecule has 0 unspecified atom stereocenters. The van der Waals surface area contributed by atoms with Crippen LogP contribution in [0.2, 0.25) is 0 Å². The van der Waals surface area contributed by atoms with Gasteiger partial charge in [-0.2, -0.15) is 0 Å². The third kappa shape index (κ3) is 8.73. The topological polar surface area (TPSA) is 104 Å². The molecule has 0 aromatic heterocycles. The summed E-state index contributed by atoms with van der Waals surface area (Å²) >= 11 is 1.54. The molecule has 0 aliphatic heterocycles. The quantitative estimate of drug-likeness (QED) is 0.139. The van der Waals surface area contributed by atoms with Gasteiger partial charge in [0, 0.05) is 23.7 Å². The van der Waals surface area contributed by atoms with E-state index in [-0.39, 0.29) is 18.8 Å². The predicted molar refractivity (Wildman–Crippen MR) is 148 cm³/mol. The lowest BCUT2D eigenvalue weighted by Gasteiger charge is -2.15. The molecule has 1 aliphatic rings. The normalized spacial score (nSPS) is 18.6. The molecule has 3 rings (SSSR count). The van der Waals surface area contributed by atoms with Crippen molar-refractivity contribution >= 4 is 34.5 Å². The van der Waals surface area contributed by atoms with Crippen molar-refractivity contribution in [2.24, 2.45) is 5.92 Å². The number of unbranched alkanes of at least 4 members (excludes halogenated alkanes) is 4. The first-order valence-electron chi connectivity index (χ1n) is 13.2. The molecule has 3 atom stereocenters. The highest BCUT2D eigenvalue weighted by atomic mass is 32.2. The lowest BCUT2D eigenvalue weighted by Crippen LogP contribution is -2.14. The Hall–Kier alpha value is -2.61. The molecule has 200 valence electrons. The van der Waals surface area contributed by atoms with Crippen LogP contribution in [-0.4, -0.2) is 45.2 Å². The second-order valence-corrected chi connectivity index (χ2v) is 10.6. The third-order valence-electron chi connectivity index (χ3n) is 6.55. The summed E-state index contributed by atoms with van der Waals surface area (Å²) in [7, 11) is 0. The zero-order valence-corrected chi connectivity index (χ0v) is 22.3. The van der Waals surface area contributed by atoms with Crippen LogP contribution in [-0.2, 0) is 9.53 Å². The van der Waals surface area contributed by atoms with Gasteiger partial charge in [-0.25, -0.2) is 4.79 Å². The zero-order chi connectivity index (χ0) is 26.6. The molecule has 0 saturated carbocycles. The van der Waals surface area contributed by atoms with E-state index >= 15 is 0 Å². The number of aliphatic hydroxyl groups excluding tert-OH is 2. The SMILES string of the molecule is CCCCC[C@H](O)/C=C/[C@@H]1C(SCCCCCC(=O)O)=C(OC(=O)c2cccc3ccccc23)C[C@H]1O. The van der Waals surface area contributed by atoms with E-state index in [9.17, 15) is 19.8 Å².